The topological polar surface area (TPSA) is 71.8 Å². The Labute approximate surface area is 58.5 Å². The summed E-state index contributed by atoms with van der Waals surface area (Å²) in [6.45, 7) is 0. The summed E-state index contributed by atoms with van der Waals surface area (Å²) >= 11 is 0. The van der Waals surface area contributed by atoms with Crippen molar-refractivity contribution in [2.75, 3.05) is 0 Å². The molecule has 1 heterocycles. The SMILES string of the molecule is NC(=O)C[CH]c1ncc[nH]1. The second-order valence-corrected chi connectivity index (χ2v) is 1.85. The Kier molecular flexibility index (Phi) is 2.04. The van der Waals surface area contributed by atoms with E-state index in [1.807, 2.05) is 0 Å². The van der Waals surface area contributed by atoms with Crippen molar-refractivity contribution in [3.05, 3.63) is 24.6 Å². The second-order valence-electron chi connectivity index (χ2n) is 1.85. The van der Waals surface area contributed by atoms with Crippen molar-refractivity contribution >= 4 is 5.91 Å². The van der Waals surface area contributed by atoms with Crippen LogP contribution in [0.5, 0.6) is 0 Å². The largest absolute Gasteiger partial charge is 0.370 e. The van der Waals surface area contributed by atoms with Gasteiger partial charge in [-0.15, -0.1) is 0 Å². The highest BCUT2D eigenvalue weighted by molar-refractivity contribution is 5.75. The number of imidazole rings is 1. The average molecular weight is 138 g/mol. The number of primary amides is 1. The maximum Gasteiger partial charge on any atom is 0.218 e. The van der Waals surface area contributed by atoms with E-state index < -0.39 is 0 Å². The number of amides is 1. The first-order chi connectivity index (χ1) is 4.79. The summed E-state index contributed by atoms with van der Waals surface area (Å²) in [7, 11) is 0. The molecule has 10 heavy (non-hydrogen) atoms. The molecule has 0 atom stereocenters. The molecule has 1 aromatic rings. The van der Waals surface area contributed by atoms with Crippen LogP contribution >= 0.6 is 0 Å². The number of carbonyl (C=O) groups is 1. The van der Waals surface area contributed by atoms with Crippen LogP contribution in [-0.2, 0) is 4.79 Å². The number of carbonyl (C=O) groups excluding carboxylic acids is 1. The Bertz CT molecular complexity index is 205. The van der Waals surface area contributed by atoms with Crippen LogP contribution in [0.25, 0.3) is 0 Å². The van der Waals surface area contributed by atoms with Gasteiger partial charge in [-0.3, -0.25) is 4.79 Å². The second kappa shape index (κ2) is 3.00. The minimum atomic E-state index is -0.351. The smallest absolute Gasteiger partial charge is 0.218 e. The van der Waals surface area contributed by atoms with E-state index in [0.29, 0.717) is 5.82 Å². The first-order valence-corrected chi connectivity index (χ1v) is 2.90. The Balaban J connectivity index is 2.35. The van der Waals surface area contributed by atoms with Crippen LogP contribution in [0.15, 0.2) is 12.4 Å². The molecule has 4 heteroatoms. The third kappa shape index (κ3) is 1.89. The summed E-state index contributed by atoms with van der Waals surface area (Å²) in [6.07, 6.45) is 5.18. The molecule has 0 aliphatic carbocycles. The minimum absolute atomic E-state index is 0.230. The van der Waals surface area contributed by atoms with Gasteiger partial charge in [0.25, 0.3) is 0 Å². The fourth-order valence-electron chi connectivity index (χ4n) is 0.586. The molecule has 0 aliphatic heterocycles. The fraction of sp³-hybridized carbons (Fsp3) is 0.167. The maximum absolute atomic E-state index is 10.2. The lowest BCUT2D eigenvalue weighted by molar-refractivity contribution is -0.117. The molecular formula is C6H8N3O. The van der Waals surface area contributed by atoms with Gasteiger partial charge in [0.15, 0.2) is 0 Å². The van der Waals surface area contributed by atoms with Crippen LogP contribution in [0.1, 0.15) is 12.2 Å². The molecule has 0 aliphatic rings. The zero-order valence-electron chi connectivity index (χ0n) is 5.37. The van der Waals surface area contributed by atoms with Crippen LogP contribution in [0.4, 0.5) is 0 Å². The van der Waals surface area contributed by atoms with Gasteiger partial charge in [0.2, 0.25) is 5.91 Å². The monoisotopic (exact) mass is 138 g/mol. The molecule has 4 nitrogen and oxygen atoms in total. The van der Waals surface area contributed by atoms with E-state index in [2.05, 4.69) is 9.97 Å². The normalized spacial score (nSPS) is 9.60. The Morgan fingerprint density at radius 2 is 2.70 bits per heavy atom. The lowest BCUT2D eigenvalue weighted by Crippen LogP contribution is -2.10. The van der Waals surface area contributed by atoms with E-state index in [1.54, 1.807) is 18.8 Å². The van der Waals surface area contributed by atoms with Crippen molar-refractivity contribution < 1.29 is 4.79 Å². The number of rotatable bonds is 3. The number of hydrogen-bond donors (Lipinski definition) is 2. The third-order valence-electron chi connectivity index (χ3n) is 1.02. The number of H-pyrrole nitrogens is 1. The number of nitrogens with one attached hydrogen (secondary N) is 1. The number of nitrogens with zero attached hydrogens (tertiary/aromatic N) is 1. The fourth-order valence-corrected chi connectivity index (χ4v) is 0.586. The summed E-state index contributed by atoms with van der Waals surface area (Å²) < 4.78 is 0. The van der Waals surface area contributed by atoms with Gasteiger partial charge in [-0.2, -0.15) is 0 Å². The standard InChI is InChI=1S/C6H8N3O/c7-5(10)1-2-6-8-3-4-9-6/h2-4H,1H2,(H2,7,10)(H,8,9). The Hall–Kier alpha value is -1.32. The summed E-state index contributed by atoms with van der Waals surface area (Å²) in [5.41, 5.74) is 4.90. The van der Waals surface area contributed by atoms with Crippen LogP contribution in [0, 0.1) is 6.42 Å². The molecule has 0 aromatic carbocycles. The molecule has 0 bridgehead atoms. The van der Waals surface area contributed by atoms with Crippen molar-refractivity contribution in [1.29, 1.82) is 0 Å². The average Bonchev–Trinajstić information content (AvgIpc) is 2.34. The van der Waals surface area contributed by atoms with Crippen LogP contribution in [0.2, 0.25) is 0 Å². The summed E-state index contributed by atoms with van der Waals surface area (Å²) in [5.74, 6) is 0.329. The Morgan fingerprint density at radius 1 is 1.90 bits per heavy atom. The molecule has 0 unspecified atom stereocenters. The van der Waals surface area contributed by atoms with Crippen molar-refractivity contribution in [2.45, 2.75) is 6.42 Å². The van der Waals surface area contributed by atoms with Gasteiger partial charge in [-0.05, 0) is 0 Å². The zero-order chi connectivity index (χ0) is 7.40. The molecule has 0 saturated heterocycles. The highest BCUT2D eigenvalue weighted by Gasteiger charge is 1.97. The van der Waals surface area contributed by atoms with Crippen LogP contribution in [-0.4, -0.2) is 15.9 Å². The van der Waals surface area contributed by atoms with Crippen molar-refractivity contribution in [3.63, 3.8) is 0 Å². The molecule has 1 radical (unpaired) electrons. The van der Waals surface area contributed by atoms with Gasteiger partial charge in [-0.25, -0.2) is 4.98 Å². The quantitative estimate of drug-likeness (QED) is 0.609. The molecule has 0 saturated carbocycles. The molecule has 1 rings (SSSR count). The van der Waals surface area contributed by atoms with Gasteiger partial charge in [0.05, 0.1) is 0 Å². The first kappa shape index (κ1) is 6.80. The molecule has 1 amide bonds. The van der Waals surface area contributed by atoms with Gasteiger partial charge < -0.3 is 10.7 Å². The lowest BCUT2D eigenvalue weighted by atomic mass is 10.3. The summed E-state index contributed by atoms with van der Waals surface area (Å²) in [6, 6.07) is 0. The maximum atomic E-state index is 10.2. The van der Waals surface area contributed by atoms with E-state index in [0.717, 1.165) is 0 Å². The highest BCUT2D eigenvalue weighted by atomic mass is 16.1. The lowest BCUT2D eigenvalue weighted by Gasteiger charge is -1.89. The minimum Gasteiger partial charge on any atom is -0.370 e. The molecule has 3 N–H and O–H groups in total. The molecule has 1 aromatic heterocycles. The first-order valence-electron chi connectivity index (χ1n) is 2.90. The van der Waals surface area contributed by atoms with E-state index in [1.165, 1.54) is 0 Å². The molecule has 0 spiro atoms. The van der Waals surface area contributed by atoms with Crippen LogP contribution in [0.3, 0.4) is 0 Å². The summed E-state index contributed by atoms with van der Waals surface area (Å²) in [4.78, 5) is 16.9. The number of aromatic nitrogens is 2. The number of hydrogen-bond acceptors (Lipinski definition) is 2. The van der Waals surface area contributed by atoms with Gasteiger partial charge in [0.1, 0.15) is 5.82 Å². The Morgan fingerprint density at radius 3 is 3.20 bits per heavy atom. The predicted octanol–water partition coefficient (Wildman–Crippen LogP) is -0.163. The number of nitrogens with two attached hydrogens (primary N) is 1. The van der Waals surface area contributed by atoms with E-state index in [9.17, 15) is 4.79 Å². The van der Waals surface area contributed by atoms with E-state index in [4.69, 9.17) is 5.73 Å². The van der Waals surface area contributed by atoms with Gasteiger partial charge >= 0.3 is 0 Å². The summed E-state index contributed by atoms with van der Waals surface area (Å²) in [5, 5.41) is 0. The van der Waals surface area contributed by atoms with Crippen molar-refractivity contribution in [2.24, 2.45) is 5.73 Å². The third-order valence-corrected chi connectivity index (χ3v) is 1.02. The van der Waals surface area contributed by atoms with Gasteiger partial charge in [-0.1, -0.05) is 0 Å². The van der Waals surface area contributed by atoms with E-state index >= 15 is 0 Å². The van der Waals surface area contributed by atoms with Gasteiger partial charge in [0, 0.05) is 25.2 Å². The molecule has 53 valence electrons. The predicted molar refractivity (Wildman–Crippen MR) is 35.8 cm³/mol. The zero-order valence-corrected chi connectivity index (χ0v) is 5.37. The number of aromatic amines is 1. The highest BCUT2D eigenvalue weighted by Crippen LogP contribution is 1.95. The van der Waals surface area contributed by atoms with Crippen molar-refractivity contribution in [1.82, 2.24) is 9.97 Å². The molecular weight excluding hydrogens is 130 g/mol. The molecule has 0 fully saturated rings. The van der Waals surface area contributed by atoms with E-state index in [-0.39, 0.29) is 12.3 Å². The van der Waals surface area contributed by atoms with Crippen molar-refractivity contribution in [3.8, 4) is 0 Å². The van der Waals surface area contributed by atoms with Crippen LogP contribution < -0.4 is 5.73 Å².